The van der Waals surface area contributed by atoms with Gasteiger partial charge < -0.3 is 9.84 Å². The van der Waals surface area contributed by atoms with Crippen LogP contribution in [0.25, 0.3) is 0 Å². The van der Waals surface area contributed by atoms with Crippen molar-refractivity contribution in [1.82, 2.24) is 0 Å². The molecular formula is C37H72O3. The van der Waals surface area contributed by atoms with E-state index in [1.54, 1.807) is 0 Å². The number of rotatable bonds is 32. The van der Waals surface area contributed by atoms with Gasteiger partial charge in [0.15, 0.2) is 6.29 Å². The Labute approximate surface area is 251 Å². The van der Waals surface area contributed by atoms with Crippen LogP contribution >= 0.6 is 0 Å². The van der Waals surface area contributed by atoms with Crippen LogP contribution in [-0.4, -0.2) is 17.4 Å². The zero-order valence-electron chi connectivity index (χ0n) is 27.6. The van der Waals surface area contributed by atoms with Crippen LogP contribution in [0.2, 0.25) is 0 Å². The molecule has 238 valence electrons. The van der Waals surface area contributed by atoms with Crippen molar-refractivity contribution in [1.29, 1.82) is 0 Å². The fourth-order valence-electron chi connectivity index (χ4n) is 5.56. The number of aliphatic hydroxyl groups is 1. The molecule has 0 aromatic rings. The van der Waals surface area contributed by atoms with E-state index >= 15 is 0 Å². The predicted molar refractivity (Wildman–Crippen MR) is 176 cm³/mol. The molecule has 0 amide bonds. The Morgan fingerprint density at radius 3 is 1.20 bits per heavy atom. The number of carbonyl (C=O) groups excluding carboxylic acids is 1. The second kappa shape index (κ2) is 32.7. The number of hydrogen-bond donors (Lipinski definition) is 1. The zero-order chi connectivity index (χ0) is 29.4. The first-order valence-electron chi connectivity index (χ1n) is 18.2. The van der Waals surface area contributed by atoms with Gasteiger partial charge in [-0.1, -0.05) is 174 Å². The van der Waals surface area contributed by atoms with E-state index < -0.39 is 6.29 Å². The van der Waals surface area contributed by atoms with E-state index in [1.807, 2.05) is 6.92 Å². The minimum atomic E-state index is -0.950. The lowest BCUT2D eigenvalue weighted by Gasteiger charge is -2.18. The molecule has 0 aliphatic heterocycles. The van der Waals surface area contributed by atoms with Crippen molar-refractivity contribution in [2.45, 2.75) is 213 Å². The summed E-state index contributed by atoms with van der Waals surface area (Å²) >= 11 is 0. The van der Waals surface area contributed by atoms with Gasteiger partial charge in [0.1, 0.15) is 0 Å². The monoisotopic (exact) mass is 565 g/mol. The molecule has 0 bridgehead atoms. The quantitative estimate of drug-likeness (QED) is 0.0382. The molecule has 0 aliphatic carbocycles. The van der Waals surface area contributed by atoms with Crippen molar-refractivity contribution < 1.29 is 14.6 Å². The molecule has 40 heavy (non-hydrogen) atoms. The Balaban J connectivity index is 3.87. The highest BCUT2D eigenvalue weighted by molar-refractivity contribution is 5.72. The SMILES string of the molecule is CCCCCCCC/C=C\CCCCCCC(CCCCCCCCCCCCCCCC)C(=O)OC(O)CC. The van der Waals surface area contributed by atoms with Gasteiger partial charge >= 0.3 is 5.97 Å². The van der Waals surface area contributed by atoms with E-state index in [0.29, 0.717) is 6.42 Å². The molecule has 0 saturated carbocycles. The highest BCUT2D eigenvalue weighted by Crippen LogP contribution is 2.22. The van der Waals surface area contributed by atoms with Crippen LogP contribution in [0.4, 0.5) is 0 Å². The van der Waals surface area contributed by atoms with Crippen LogP contribution in [0.3, 0.4) is 0 Å². The van der Waals surface area contributed by atoms with Crippen LogP contribution in [0.1, 0.15) is 207 Å². The first kappa shape index (κ1) is 39.2. The number of ether oxygens (including phenoxy) is 1. The summed E-state index contributed by atoms with van der Waals surface area (Å²) in [5, 5.41) is 9.82. The molecule has 0 aromatic heterocycles. The van der Waals surface area contributed by atoms with Gasteiger partial charge in [-0.3, -0.25) is 4.79 Å². The molecule has 0 radical (unpaired) electrons. The summed E-state index contributed by atoms with van der Waals surface area (Å²) in [7, 11) is 0. The third-order valence-electron chi connectivity index (χ3n) is 8.41. The number of carbonyl (C=O) groups is 1. The lowest BCUT2D eigenvalue weighted by Crippen LogP contribution is -2.24. The molecule has 0 fully saturated rings. The van der Waals surface area contributed by atoms with Crippen molar-refractivity contribution in [2.75, 3.05) is 0 Å². The topological polar surface area (TPSA) is 46.5 Å². The number of allylic oxidation sites excluding steroid dienone is 2. The average molecular weight is 565 g/mol. The summed E-state index contributed by atoms with van der Waals surface area (Å²) in [6.45, 7) is 6.41. The maximum absolute atomic E-state index is 12.7. The summed E-state index contributed by atoms with van der Waals surface area (Å²) < 4.78 is 5.31. The second-order valence-electron chi connectivity index (χ2n) is 12.4. The number of unbranched alkanes of at least 4 members (excludes halogenated alkanes) is 23. The van der Waals surface area contributed by atoms with Gasteiger partial charge in [0, 0.05) is 6.42 Å². The molecule has 0 saturated heterocycles. The van der Waals surface area contributed by atoms with Crippen LogP contribution in [0, 0.1) is 5.92 Å². The lowest BCUT2D eigenvalue weighted by atomic mass is 9.94. The third-order valence-corrected chi connectivity index (χ3v) is 8.41. The molecule has 0 rings (SSSR count). The van der Waals surface area contributed by atoms with E-state index in [-0.39, 0.29) is 11.9 Å². The van der Waals surface area contributed by atoms with Crippen molar-refractivity contribution in [3.05, 3.63) is 12.2 Å². The third kappa shape index (κ3) is 28.7. The molecular weight excluding hydrogens is 492 g/mol. The molecule has 3 heteroatoms. The maximum atomic E-state index is 12.7. The molecule has 2 atom stereocenters. The summed E-state index contributed by atoms with van der Waals surface area (Å²) in [6, 6.07) is 0. The van der Waals surface area contributed by atoms with E-state index in [0.717, 1.165) is 25.7 Å². The van der Waals surface area contributed by atoms with E-state index in [2.05, 4.69) is 26.0 Å². The molecule has 0 aliphatic rings. The van der Waals surface area contributed by atoms with Gasteiger partial charge in [-0.25, -0.2) is 0 Å². The first-order chi connectivity index (χ1) is 19.7. The van der Waals surface area contributed by atoms with Gasteiger partial charge in [-0.15, -0.1) is 0 Å². The van der Waals surface area contributed by atoms with E-state index in [4.69, 9.17) is 4.74 Å². The highest BCUT2D eigenvalue weighted by Gasteiger charge is 2.21. The standard InChI is InChI=1S/C37H72O3/c1-4-7-9-11-13-15-17-19-21-23-25-27-29-31-33-35(37(39)40-36(38)6-3)34-32-30-28-26-24-22-20-18-16-14-12-10-8-5-2/h19,21,35-36,38H,4-18,20,22-34H2,1-3H3/b21-19-. The normalized spacial score (nSPS) is 13.2. The fourth-order valence-corrected chi connectivity index (χ4v) is 5.56. The van der Waals surface area contributed by atoms with E-state index in [9.17, 15) is 9.90 Å². The predicted octanol–water partition coefficient (Wildman–Crippen LogP) is 12.4. The molecule has 0 heterocycles. The zero-order valence-corrected chi connectivity index (χ0v) is 27.6. The van der Waals surface area contributed by atoms with Gasteiger partial charge in [0.05, 0.1) is 5.92 Å². The van der Waals surface area contributed by atoms with Crippen molar-refractivity contribution in [3.63, 3.8) is 0 Å². The molecule has 2 unspecified atom stereocenters. The summed E-state index contributed by atoms with van der Waals surface area (Å²) in [4.78, 5) is 12.7. The first-order valence-corrected chi connectivity index (χ1v) is 18.2. The second-order valence-corrected chi connectivity index (χ2v) is 12.4. The number of aliphatic hydroxyl groups excluding tert-OH is 1. The summed E-state index contributed by atoms with van der Waals surface area (Å²) in [5.74, 6) is -0.225. The van der Waals surface area contributed by atoms with Gasteiger partial charge in [-0.05, 0) is 38.5 Å². The largest absolute Gasteiger partial charge is 0.436 e. The lowest BCUT2D eigenvalue weighted by molar-refractivity contribution is -0.173. The Hall–Kier alpha value is -0.830. The van der Waals surface area contributed by atoms with Crippen LogP contribution < -0.4 is 0 Å². The Morgan fingerprint density at radius 1 is 0.525 bits per heavy atom. The Morgan fingerprint density at radius 2 is 0.850 bits per heavy atom. The molecule has 3 nitrogen and oxygen atoms in total. The van der Waals surface area contributed by atoms with Gasteiger partial charge in [-0.2, -0.15) is 0 Å². The highest BCUT2D eigenvalue weighted by atomic mass is 16.6. The smallest absolute Gasteiger partial charge is 0.311 e. The molecule has 1 N–H and O–H groups in total. The minimum absolute atomic E-state index is 0.0456. The maximum Gasteiger partial charge on any atom is 0.311 e. The summed E-state index contributed by atoms with van der Waals surface area (Å²) in [5.41, 5.74) is 0. The van der Waals surface area contributed by atoms with Gasteiger partial charge in [0.25, 0.3) is 0 Å². The van der Waals surface area contributed by atoms with Crippen LogP contribution in [0.15, 0.2) is 12.2 Å². The summed E-state index contributed by atoms with van der Waals surface area (Å²) in [6.07, 6.45) is 40.4. The Kier molecular flexibility index (Phi) is 32.0. The van der Waals surface area contributed by atoms with Crippen molar-refractivity contribution >= 4 is 5.97 Å². The average Bonchev–Trinajstić information content (AvgIpc) is 2.96. The molecule has 0 aromatic carbocycles. The minimum Gasteiger partial charge on any atom is -0.436 e. The van der Waals surface area contributed by atoms with E-state index in [1.165, 1.54) is 154 Å². The van der Waals surface area contributed by atoms with Gasteiger partial charge in [0.2, 0.25) is 0 Å². The number of hydrogen-bond acceptors (Lipinski definition) is 3. The molecule has 0 spiro atoms. The fraction of sp³-hybridized carbons (Fsp3) is 0.919. The van der Waals surface area contributed by atoms with Crippen LogP contribution in [0.5, 0.6) is 0 Å². The van der Waals surface area contributed by atoms with Crippen LogP contribution in [-0.2, 0) is 9.53 Å². The number of esters is 1. The Bertz CT molecular complexity index is 530. The van der Waals surface area contributed by atoms with Crippen molar-refractivity contribution in [2.24, 2.45) is 5.92 Å². The van der Waals surface area contributed by atoms with Crippen molar-refractivity contribution in [3.8, 4) is 0 Å².